The number of nitrogens with zero attached hydrogens (tertiary/aromatic N) is 3. The third kappa shape index (κ3) is 6.38. The summed E-state index contributed by atoms with van der Waals surface area (Å²) in [6.45, 7) is 7.11. The molecule has 7 rings (SSSR count). The number of aryl methyl sites for hydroxylation is 1. The lowest BCUT2D eigenvalue weighted by molar-refractivity contribution is -0.140. The Morgan fingerprint density at radius 1 is 0.935 bits per heavy atom. The molecule has 4 aromatic carbocycles. The molecule has 0 saturated carbocycles. The summed E-state index contributed by atoms with van der Waals surface area (Å²) in [5, 5.41) is 4.98. The third-order valence-corrected chi connectivity index (χ3v) is 10.6. The molecule has 46 heavy (non-hydrogen) atoms. The molecule has 5 aromatic rings. The second-order valence-corrected chi connectivity index (χ2v) is 13.9. The van der Waals surface area contributed by atoms with Gasteiger partial charge in [0.1, 0.15) is 11.6 Å². The Morgan fingerprint density at radius 3 is 2.30 bits per heavy atom. The summed E-state index contributed by atoms with van der Waals surface area (Å²) in [5.41, 5.74) is 6.62. The van der Waals surface area contributed by atoms with Gasteiger partial charge in [-0.3, -0.25) is 9.11 Å². The lowest BCUT2D eigenvalue weighted by Gasteiger charge is -2.50. The van der Waals surface area contributed by atoms with Crippen molar-refractivity contribution in [3.8, 4) is 5.75 Å². The largest absolute Gasteiger partial charge is 0.497 e. The summed E-state index contributed by atoms with van der Waals surface area (Å²) in [4.78, 5) is 10.8. The van der Waals surface area contributed by atoms with Gasteiger partial charge in [0.2, 0.25) is 0 Å². The van der Waals surface area contributed by atoms with Crippen molar-refractivity contribution in [2.24, 2.45) is 0 Å². The zero-order valence-corrected chi connectivity index (χ0v) is 27.3. The molecule has 1 unspecified atom stereocenters. The third-order valence-electron chi connectivity index (χ3n) is 9.15. The highest BCUT2D eigenvalue weighted by Crippen LogP contribution is 2.34. The van der Waals surface area contributed by atoms with Gasteiger partial charge in [-0.1, -0.05) is 78.4 Å². The second kappa shape index (κ2) is 13.2. The SMILES string of the molecule is COc1ccc2c(c1)S(=O)CCN(c1cc(NCC3(N(Cc4ccccc4)Cc4ccccc4)COC3)c3cc(C)ccc3n1)C2. The van der Waals surface area contributed by atoms with Gasteiger partial charge >= 0.3 is 0 Å². The number of fused-ring (bicyclic) bond motifs is 2. The molecule has 1 N–H and O–H groups in total. The number of nitrogens with one attached hydrogen (secondary N) is 1. The average molecular weight is 633 g/mol. The lowest BCUT2D eigenvalue weighted by Crippen LogP contribution is -2.65. The quantitative estimate of drug-likeness (QED) is 0.187. The Morgan fingerprint density at radius 2 is 1.65 bits per heavy atom. The van der Waals surface area contributed by atoms with E-state index in [1.54, 1.807) is 7.11 Å². The van der Waals surface area contributed by atoms with Crippen LogP contribution in [0.2, 0.25) is 0 Å². The van der Waals surface area contributed by atoms with Crippen LogP contribution in [0.1, 0.15) is 22.3 Å². The van der Waals surface area contributed by atoms with E-state index in [9.17, 15) is 4.21 Å². The number of anilines is 2. The first kappa shape index (κ1) is 30.4. The van der Waals surface area contributed by atoms with E-state index in [0.717, 1.165) is 58.3 Å². The van der Waals surface area contributed by atoms with Crippen molar-refractivity contribution in [1.82, 2.24) is 9.88 Å². The summed E-state index contributed by atoms with van der Waals surface area (Å²) in [6, 6.07) is 35.9. The molecule has 2 aliphatic heterocycles. The van der Waals surface area contributed by atoms with Gasteiger partial charge in [-0.15, -0.1) is 0 Å². The number of methoxy groups -OCH3 is 1. The zero-order chi connectivity index (χ0) is 31.5. The van der Waals surface area contributed by atoms with Gasteiger partial charge in [-0.05, 0) is 47.9 Å². The van der Waals surface area contributed by atoms with Crippen LogP contribution in [0, 0.1) is 6.92 Å². The van der Waals surface area contributed by atoms with Crippen LogP contribution in [0.4, 0.5) is 11.5 Å². The summed E-state index contributed by atoms with van der Waals surface area (Å²) >= 11 is 0. The Balaban J connectivity index is 1.21. The molecule has 1 fully saturated rings. The van der Waals surface area contributed by atoms with Crippen molar-refractivity contribution in [2.45, 2.75) is 37.0 Å². The summed E-state index contributed by atoms with van der Waals surface area (Å²) < 4.78 is 24.6. The maximum atomic E-state index is 13.2. The molecule has 1 aromatic heterocycles. The van der Waals surface area contributed by atoms with Gasteiger partial charge in [0.25, 0.3) is 0 Å². The number of pyridine rings is 1. The number of hydrogen-bond acceptors (Lipinski definition) is 7. The minimum Gasteiger partial charge on any atom is -0.497 e. The van der Waals surface area contributed by atoms with E-state index in [4.69, 9.17) is 14.5 Å². The number of rotatable bonds is 10. The zero-order valence-electron chi connectivity index (χ0n) is 26.4. The number of ether oxygens (including phenoxy) is 2. The summed E-state index contributed by atoms with van der Waals surface area (Å²) in [7, 11) is 0.537. The van der Waals surface area contributed by atoms with Crippen LogP contribution in [-0.2, 0) is 35.2 Å². The maximum Gasteiger partial charge on any atom is 0.131 e. The highest BCUT2D eigenvalue weighted by Gasteiger charge is 2.44. The van der Waals surface area contributed by atoms with Crippen molar-refractivity contribution in [1.29, 1.82) is 0 Å². The number of hydrogen-bond donors (Lipinski definition) is 1. The minimum absolute atomic E-state index is 0.178. The van der Waals surface area contributed by atoms with Crippen molar-refractivity contribution in [3.63, 3.8) is 0 Å². The standard InChI is InChI=1S/C38H40N4O3S/c1-28-13-16-34-33(19-28)35(21-37(40-34)41-17-18-46(43)36-20-32(44-2)15-14-31(36)24-41)39-25-38(26-45-27-38)42(22-29-9-5-3-6-10-29)23-30-11-7-4-8-12-30/h3-16,19-21H,17-18,22-27H2,1-2H3,(H,39,40). The summed E-state index contributed by atoms with van der Waals surface area (Å²) in [6.07, 6.45) is 0. The fraction of sp³-hybridized carbons (Fsp3) is 0.289. The average Bonchev–Trinajstić information content (AvgIpc) is 3.23. The molecule has 3 heterocycles. The molecular weight excluding hydrogens is 593 g/mol. The topological polar surface area (TPSA) is 66.9 Å². The first-order valence-corrected chi connectivity index (χ1v) is 17.2. The molecule has 7 nitrogen and oxygen atoms in total. The first-order valence-electron chi connectivity index (χ1n) is 15.9. The second-order valence-electron chi connectivity index (χ2n) is 12.4. The van der Waals surface area contributed by atoms with Gasteiger partial charge < -0.3 is 19.7 Å². The van der Waals surface area contributed by atoms with E-state index in [-0.39, 0.29) is 5.54 Å². The molecule has 0 amide bonds. The molecule has 1 saturated heterocycles. The van der Waals surface area contributed by atoms with E-state index in [0.29, 0.717) is 32.1 Å². The van der Waals surface area contributed by atoms with Crippen LogP contribution < -0.4 is 15.0 Å². The Kier molecular flexibility index (Phi) is 8.76. The molecule has 1 atom stereocenters. The van der Waals surface area contributed by atoms with Gasteiger partial charge in [0.05, 0.1) is 42.2 Å². The van der Waals surface area contributed by atoms with Gasteiger partial charge in [0.15, 0.2) is 0 Å². The smallest absolute Gasteiger partial charge is 0.131 e. The van der Waals surface area contributed by atoms with Crippen molar-refractivity contribution < 1.29 is 13.7 Å². The van der Waals surface area contributed by atoms with E-state index < -0.39 is 10.8 Å². The molecule has 0 bridgehead atoms. The molecule has 0 aliphatic carbocycles. The van der Waals surface area contributed by atoms with Crippen LogP contribution in [0.5, 0.6) is 5.75 Å². The van der Waals surface area contributed by atoms with Crippen molar-refractivity contribution in [3.05, 3.63) is 125 Å². The van der Waals surface area contributed by atoms with Gasteiger partial charge in [-0.2, -0.15) is 0 Å². The van der Waals surface area contributed by atoms with Gasteiger partial charge in [0, 0.05) is 60.5 Å². The van der Waals surface area contributed by atoms with Crippen LogP contribution in [0.3, 0.4) is 0 Å². The van der Waals surface area contributed by atoms with Crippen molar-refractivity contribution in [2.75, 3.05) is 49.4 Å². The molecule has 2 aliphatic rings. The molecule has 0 spiro atoms. The van der Waals surface area contributed by atoms with Gasteiger partial charge in [-0.25, -0.2) is 4.98 Å². The fourth-order valence-electron chi connectivity index (χ4n) is 6.41. The number of benzene rings is 4. The normalized spacial score (nSPS) is 17.3. The molecule has 8 heteroatoms. The maximum absolute atomic E-state index is 13.2. The van der Waals surface area contributed by atoms with Crippen LogP contribution in [0.25, 0.3) is 10.9 Å². The molecule has 236 valence electrons. The van der Waals surface area contributed by atoms with Crippen molar-refractivity contribution >= 4 is 33.2 Å². The predicted molar refractivity (Wildman–Crippen MR) is 186 cm³/mol. The highest BCUT2D eigenvalue weighted by molar-refractivity contribution is 7.85. The monoisotopic (exact) mass is 632 g/mol. The lowest BCUT2D eigenvalue weighted by atomic mass is 9.92. The fourth-order valence-corrected chi connectivity index (χ4v) is 7.69. The highest BCUT2D eigenvalue weighted by atomic mass is 32.2. The molecular formula is C38H40N4O3S. The van der Waals surface area contributed by atoms with E-state index in [1.807, 2.05) is 18.2 Å². The Bertz CT molecular complexity index is 1800. The van der Waals surface area contributed by atoms with E-state index in [2.05, 4.69) is 107 Å². The predicted octanol–water partition coefficient (Wildman–Crippen LogP) is 6.56. The van der Waals surface area contributed by atoms with E-state index >= 15 is 0 Å². The Hall–Kier alpha value is -4.24. The van der Waals surface area contributed by atoms with Crippen LogP contribution >= 0.6 is 0 Å². The summed E-state index contributed by atoms with van der Waals surface area (Å²) in [5.74, 6) is 2.14. The van der Waals surface area contributed by atoms with E-state index in [1.165, 1.54) is 16.7 Å². The molecule has 0 radical (unpaired) electrons. The minimum atomic E-state index is -1.11. The van der Waals surface area contributed by atoms with Crippen LogP contribution in [0.15, 0.2) is 108 Å². The first-order chi connectivity index (χ1) is 22.5. The number of aromatic nitrogens is 1. The Labute approximate surface area is 273 Å². The van der Waals surface area contributed by atoms with Crippen LogP contribution in [-0.4, -0.2) is 58.8 Å².